The van der Waals surface area contributed by atoms with E-state index < -0.39 is 5.91 Å². The predicted molar refractivity (Wildman–Crippen MR) is 100 cm³/mol. The Morgan fingerprint density at radius 3 is 2.69 bits per heavy atom. The van der Waals surface area contributed by atoms with Gasteiger partial charge in [0.1, 0.15) is 23.2 Å². The van der Waals surface area contributed by atoms with Crippen LogP contribution in [0.3, 0.4) is 0 Å². The van der Waals surface area contributed by atoms with E-state index in [4.69, 9.17) is 9.15 Å². The van der Waals surface area contributed by atoms with E-state index in [1.165, 1.54) is 25.5 Å². The van der Waals surface area contributed by atoms with Crippen molar-refractivity contribution in [2.24, 2.45) is 0 Å². The van der Waals surface area contributed by atoms with E-state index in [1.807, 2.05) is 30.3 Å². The molecule has 2 aromatic rings. The van der Waals surface area contributed by atoms with Gasteiger partial charge in [0.25, 0.3) is 5.91 Å². The van der Waals surface area contributed by atoms with Crippen molar-refractivity contribution in [1.82, 2.24) is 5.32 Å². The predicted octanol–water partition coefficient (Wildman–Crippen LogP) is 4.46. The van der Waals surface area contributed by atoms with E-state index in [0.717, 1.165) is 17.7 Å². The van der Waals surface area contributed by atoms with Crippen molar-refractivity contribution in [2.45, 2.75) is 39.2 Å². The smallest absolute Gasteiger partial charge is 0.262 e. The third kappa shape index (κ3) is 6.48. The van der Waals surface area contributed by atoms with Gasteiger partial charge in [-0.05, 0) is 42.3 Å². The molecule has 1 aromatic carbocycles. The van der Waals surface area contributed by atoms with Crippen LogP contribution < -0.4 is 10.1 Å². The quantitative estimate of drug-likeness (QED) is 0.389. The Morgan fingerprint density at radius 2 is 2.04 bits per heavy atom. The van der Waals surface area contributed by atoms with E-state index in [2.05, 4.69) is 12.2 Å². The molecule has 2 rings (SSSR count). The second-order valence-corrected chi connectivity index (χ2v) is 5.91. The number of nitriles is 1. The van der Waals surface area contributed by atoms with Crippen LogP contribution in [0.2, 0.25) is 0 Å². The van der Waals surface area contributed by atoms with Crippen molar-refractivity contribution in [2.75, 3.05) is 6.61 Å². The number of amides is 1. The Morgan fingerprint density at radius 1 is 1.23 bits per heavy atom. The van der Waals surface area contributed by atoms with Crippen molar-refractivity contribution in [3.63, 3.8) is 0 Å². The number of hydrogen-bond donors (Lipinski definition) is 1. The molecule has 0 aliphatic heterocycles. The third-order valence-corrected chi connectivity index (χ3v) is 3.83. The van der Waals surface area contributed by atoms with E-state index in [9.17, 15) is 10.1 Å². The van der Waals surface area contributed by atoms with Crippen LogP contribution in [0.25, 0.3) is 6.08 Å². The number of carbonyl (C=O) groups is 1. The van der Waals surface area contributed by atoms with Gasteiger partial charge in [0.2, 0.25) is 0 Å². The first-order chi connectivity index (χ1) is 12.7. The summed E-state index contributed by atoms with van der Waals surface area (Å²) in [6.07, 6.45) is 7.75. The molecule has 0 atom stereocenters. The molecule has 1 aromatic heterocycles. The Bertz CT molecular complexity index is 741. The van der Waals surface area contributed by atoms with E-state index >= 15 is 0 Å². The molecule has 0 radical (unpaired) electrons. The van der Waals surface area contributed by atoms with Gasteiger partial charge in [-0.3, -0.25) is 4.79 Å². The molecule has 0 fully saturated rings. The second-order valence-electron chi connectivity index (χ2n) is 5.91. The summed E-state index contributed by atoms with van der Waals surface area (Å²) in [6, 6.07) is 12.8. The van der Waals surface area contributed by atoms with Crippen LogP contribution in [0.15, 0.2) is 52.7 Å². The molecule has 0 unspecified atom stereocenters. The van der Waals surface area contributed by atoms with Gasteiger partial charge in [-0.2, -0.15) is 5.26 Å². The van der Waals surface area contributed by atoms with Crippen molar-refractivity contribution < 1.29 is 13.9 Å². The van der Waals surface area contributed by atoms with Crippen LogP contribution in [0.4, 0.5) is 0 Å². The Balaban J connectivity index is 1.87. The Kier molecular flexibility index (Phi) is 8.01. The number of unbranched alkanes of at least 4 members (excludes halogenated alkanes) is 3. The summed E-state index contributed by atoms with van der Waals surface area (Å²) < 4.78 is 10.8. The average Bonchev–Trinajstić information content (AvgIpc) is 3.18. The number of ether oxygens (including phenoxy) is 1. The van der Waals surface area contributed by atoms with Gasteiger partial charge in [-0.25, -0.2) is 0 Å². The first-order valence-electron chi connectivity index (χ1n) is 8.88. The first kappa shape index (κ1) is 19.3. The maximum atomic E-state index is 12.1. The molecule has 0 spiro atoms. The molecule has 1 heterocycles. The van der Waals surface area contributed by atoms with E-state index in [-0.39, 0.29) is 12.1 Å². The van der Waals surface area contributed by atoms with Crippen molar-refractivity contribution >= 4 is 12.0 Å². The minimum Gasteiger partial charge on any atom is -0.494 e. The zero-order valence-corrected chi connectivity index (χ0v) is 15.0. The summed E-state index contributed by atoms with van der Waals surface area (Å²) in [7, 11) is 0. The van der Waals surface area contributed by atoms with Gasteiger partial charge in [0, 0.05) is 0 Å². The minimum absolute atomic E-state index is 0.0461. The van der Waals surface area contributed by atoms with Gasteiger partial charge in [0.05, 0.1) is 19.4 Å². The third-order valence-electron chi connectivity index (χ3n) is 3.83. The molecule has 0 bridgehead atoms. The molecule has 5 heteroatoms. The lowest BCUT2D eigenvalue weighted by atomic mass is 10.1. The normalized spacial score (nSPS) is 11.0. The minimum atomic E-state index is -0.430. The SMILES string of the molecule is CCCCCCOc1ccc(/C=C(\C#N)C(=O)NCc2ccco2)cc1. The molecule has 0 aliphatic carbocycles. The van der Waals surface area contributed by atoms with Crippen LogP contribution in [0, 0.1) is 11.3 Å². The van der Waals surface area contributed by atoms with Crippen molar-refractivity contribution in [3.8, 4) is 11.8 Å². The van der Waals surface area contributed by atoms with Crippen LogP contribution in [0.5, 0.6) is 5.75 Å². The van der Waals surface area contributed by atoms with Crippen LogP contribution >= 0.6 is 0 Å². The fourth-order valence-corrected chi connectivity index (χ4v) is 2.37. The highest BCUT2D eigenvalue weighted by molar-refractivity contribution is 6.01. The molecule has 1 N–H and O–H groups in total. The summed E-state index contributed by atoms with van der Waals surface area (Å²) in [4.78, 5) is 12.1. The number of nitrogens with one attached hydrogen (secondary N) is 1. The first-order valence-corrected chi connectivity index (χ1v) is 8.88. The number of benzene rings is 1. The maximum Gasteiger partial charge on any atom is 0.262 e. The fraction of sp³-hybridized carbons (Fsp3) is 0.333. The number of rotatable bonds is 10. The van der Waals surface area contributed by atoms with Gasteiger partial charge in [-0.1, -0.05) is 38.3 Å². The summed E-state index contributed by atoms with van der Waals surface area (Å²) in [5.41, 5.74) is 0.817. The zero-order chi connectivity index (χ0) is 18.6. The van der Waals surface area contributed by atoms with Crippen molar-refractivity contribution in [1.29, 1.82) is 5.26 Å². The Labute approximate surface area is 154 Å². The monoisotopic (exact) mass is 352 g/mol. The number of carbonyl (C=O) groups excluding carboxylic acids is 1. The zero-order valence-electron chi connectivity index (χ0n) is 15.0. The number of furan rings is 1. The van der Waals surface area contributed by atoms with Gasteiger partial charge < -0.3 is 14.5 Å². The summed E-state index contributed by atoms with van der Waals surface area (Å²) in [5.74, 6) is 0.996. The van der Waals surface area contributed by atoms with Crippen molar-refractivity contribution in [3.05, 3.63) is 59.6 Å². The standard InChI is InChI=1S/C21H24N2O3/c1-2-3-4-5-12-25-19-10-8-17(9-11-19)14-18(15-22)21(24)23-16-20-7-6-13-26-20/h6-11,13-14H,2-5,12,16H2,1H3,(H,23,24)/b18-14+. The molecule has 0 saturated heterocycles. The largest absolute Gasteiger partial charge is 0.494 e. The molecular formula is C21H24N2O3. The molecule has 5 nitrogen and oxygen atoms in total. The molecule has 0 aliphatic rings. The van der Waals surface area contributed by atoms with Gasteiger partial charge in [-0.15, -0.1) is 0 Å². The average molecular weight is 352 g/mol. The highest BCUT2D eigenvalue weighted by Gasteiger charge is 2.09. The molecule has 136 valence electrons. The van der Waals surface area contributed by atoms with E-state index in [0.29, 0.717) is 12.4 Å². The van der Waals surface area contributed by atoms with Crippen LogP contribution in [-0.4, -0.2) is 12.5 Å². The highest BCUT2D eigenvalue weighted by atomic mass is 16.5. The second kappa shape index (κ2) is 10.8. The lowest BCUT2D eigenvalue weighted by Crippen LogP contribution is -2.23. The maximum absolute atomic E-state index is 12.1. The van der Waals surface area contributed by atoms with Crippen LogP contribution in [-0.2, 0) is 11.3 Å². The van der Waals surface area contributed by atoms with Crippen LogP contribution in [0.1, 0.15) is 43.9 Å². The molecule has 26 heavy (non-hydrogen) atoms. The highest BCUT2D eigenvalue weighted by Crippen LogP contribution is 2.15. The molecular weight excluding hydrogens is 328 g/mol. The summed E-state index contributed by atoms with van der Waals surface area (Å²) in [6.45, 7) is 3.13. The lowest BCUT2D eigenvalue weighted by Gasteiger charge is -2.06. The fourth-order valence-electron chi connectivity index (χ4n) is 2.37. The number of nitrogens with zero attached hydrogens (tertiary/aromatic N) is 1. The molecule has 1 amide bonds. The molecule has 0 saturated carbocycles. The van der Waals surface area contributed by atoms with Gasteiger partial charge in [0.15, 0.2) is 0 Å². The summed E-state index contributed by atoms with van der Waals surface area (Å²) in [5, 5.41) is 11.9. The summed E-state index contributed by atoms with van der Waals surface area (Å²) >= 11 is 0. The topological polar surface area (TPSA) is 75.3 Å². The van der Waals surface area contributed by atoms with Gasteiger partial charge >= 0.3 is 0 Å². The lowest BCUT2D eigenvalue weighted by molar-refractivity contribution is -0.117. The Hall–Kier alpha value is -3.00. The van der Waals surface area contributed by atoms with E-state index in [1.54, 1.807) is 18.2 Å². The number of hydrogen-bond acceptors (Lipinski definition) is 4.